The average Bonchev–Trinajstić information content (AvgIpc) is 3.34. The fourth-order valence-electron chi connectivity index (χ4n) is 5.89. The summed E-state index contributed by atoms with van der Waals surface area (Å²) >= 11 is 6.31. The number of piperazine rings is 1. The molecule has 0 spiro atoms. The SMILES string of the molecule is CN1CCN([C@H]2CC[C@H](n3nc(-c4ccc(NCc5ccccc5Cl)cc4)c4c(N)ncnc43)CC2)CC1. The number of rotatable bonds is 6. The number of benzene rings is 2. The van der Waals surface area contributed by atoms with Gasteiger partial charge >= 0.3 is 0 Å². The van der Waals surface area contributed by atoms with Gasteiger partial charge in [0.1, 0.15) is 17.8 Å². The molecule has 38 heavy (non-hydrogen) atoms. The molecule has 1 saturated carbocycles. The van der Waals surface area contributed by atoms with Crippen LogP contribution in [0.15, 0.2) is 54.9 Å². The predicted molar refractivity (Wildman–Crippen MR) is 154 cm³/mol. The number of nitrogens with two attached hydrogens (primary N) is 1. The molecule has 0 atom stereocenters. The van der Waals surface area contributed by atoms with Crippen LogP contribution in [0.25, 0.3) is 22.3 Å². The van der Waals surface area contributed by atoms with E-state index in [-0.39, 0.29) is 0 Å². The molecular weight excluding hydrogens is 496 g/mol. The van der Waals surface area contributed by atoms with Crippen LogP contribution < -0.4 is 11.1 Å². The average molecular weight is 531 g/mol. The molecule has 0 bridgehead atoms. The van der Waals surface area contributed by atoms with Gasteiger partial charge in [-0.25, -0.2) is 14.6 Å². The summed E-state index contributed by atoms with van der Waals surface area (Å²) in [5.74, 6) is 0.475. The van der Waals surface area contributed by atoms with Gasteiger partial charge in [-0.05, 0) is 56.5 Å². The van der Waals surface area contributed by atoms with Crippen LogP contribution in [-0.4, -0.2) is 68.8 Å². The molecule has 0 amide bonds. The maximum atomic E-state index is 6.38. The lowest BCUT2D eigenvalue weighted by molar-refractivity contribution is 0.0815. The minimum atomic E-state index is 0.320. The van der Waals surface area contributed by atoms with E-state index < -0.39 is 0 Å². The van der Waals surface area contributed by atoms with Crippen LogP contribution in [-0.2, 0) is 6.54 Å². The first-order chi connectivity index (χ1) is 18.6. The molecule has 2 aromatic carbocycles. The summed E-state index contributed by atoms with van der Waals surface area (Å²) in [5.41, 5.74) is 11.1. The van der Waals surface area contributed by atoms with E-state index in [0.29, 0.717) is 24.4 Å². The summed E-state index contributed by atoms with van der Waals surface area (Å²) in [5, 5.41) is 10.2. The van der Waals surface area contributed by atoms with E-state index in [2.05, 4.69) is 61.1 Å². The molecule has 3 N–H and O–H groups in total. The normalized spacial score (nSPS) is 21.1. The molecule has 1 aliphatic heterocycles. The van der Waals surface area contributed by atoms with Crippen molar-refractivity contribution in [2.75, 3.05) is 44.3 Å². The van der Waals surface area contributed by atoms with Crippen molar-refractivity contribution >= 4 is 34.1 Å². The molecule has 8 nitrogen and oxygen atoms in total. The van der Waals surface area contributed by atoms with Crippen molar-refractivity contribution in [1.82, 2.24) is 29.5 Å². The lowest BCUT2D eigenvalue weighted by atomic mass is 9.90. The van der Waals surface area contributed by atoms with Crippen molar-refractivity contribution in [3.05, 3.63) is 65.4 Å². The van der Waals surface area contributed by atoms with Crippen molar-refractivity contribution in [3.63, 3.8) is 0 Å². The van der Waals surface area contributed by atoms with Gasteiger partial charge in [0.25, 0.3) is 0 Å². The molecule has 2 aromatic heterocycles. The Morgan fingerprint density at radius 3 is 2.37 bits per heavy atom. The summed E-state index contributed by atoms with van der Waals surface area (Å²) in [6.07, 6.45) is 6.14. The molecule has 198 valence electrons. The minimum Gasteiger partial charge on any atom is -0.383 e. The highest BCUT2D eigenvalue weighted by molar-refractivity contribution is 6.31. The fourth-order valence-corrected chi connectivity index (χ4v) is 6.09. The largest absolute Gasteiger partial charge is 0.383 e. The van der Waals surface area contributed by atoms with Crippen molar-refractivity contribution in [2.45, 2.75) is 44.3 Å². The van der Waals surface area contributed by atoms with Gasteiger partial charge in [0.05, 0.1) is 11.4 Å². The third-order valence-electron chi connectivity index (χ3n) is 8.18. The Hall–Kier alpha value is -3.20. The Labute approximate surface area is 228 Å². The van der Waals surface area contributed by atoms with Crippen LogP contribution in [0.3, 0.4) is 0 Å². The molecule has 2 fully saturated rings. The second-order valence-corrected chi connectivity index (χ2v) is 11.0. The van der Waals surface area contributed by atoms with Crippen molar-refractivity contribution in [3.8, 4) is 11.3 Å². The summed E-state index contributed by atoms with van der Waals surface area (Å²) < 4.78 is 2.12. The standard InChI is InChI=1S/C29H35ClN8/c1-36-14-16-37(17-15-36)23-10-12-24(13-11-23)38-29-26(28(31)33-19-34-29)27(35-38)20-6-8-22(9-7-20)32-18-21-4-2-3-5-25(21)30/h2-9,19,23-24,32H,10-18H2,1H3,(H2,31,33,34)/t23-,24-. The van der Waals surface area contributed by atoms with E-state index >= 15 is 0 Å². The van der Waals surface area contributed by atoms with Crippen LogP contribution in [0.5, 0.6) is 0 Å². The lowest BCUT2D eigenvalue weighted by Gasteiger charge is -2.41. The summed E-state index contributed by atoms with van der Waals surface area (Å²) in [7, 11) is 2.22. The van der Waals surface area contributed by atoms with Gasteiger partial charge in [0.2, 0.25) is 0 Å². The van der Waals surface area contributed by atoms with E-state index in [4.69, 9.17) is 22.4 Å². The highest BCUT2D eigenvalue weighted by Gasteiger charge is 2.30. The molecule has 9 heteroatoms. The van der Waals surface area contributed by atoms with E-state index in [0.717, 1.165) is 64.5 Å². The maximum Gasteiger partial charge on any atom is 0.164 e. The number of fused-ring (bicyclic) bond motifs is 1. The summed E-state index contributed by atoms with van der Waals surface area (Å²) in [4.78, 5) is 14.0. The van der Waals surface area contributed by atoms with Gasteiger partial charge in [-0.1, -0.05) is 41.9 Å². The number of nitrogens with one attached hydrogen (secondary N) is 1. The van der Waals surface area contributed by atoms with Crippen molar-refractivity contribution in [2.24, 2.45) is 0 Å². The Morgan fingerprint density at radius 1 is 0.921 bits per heavy atom. The predicted octanol–water partition coefficient (Wildman–Crippen LogP) is 5.07. The van der Waals surface area contributed by atoms with Crippen molar-refractivity contribution < 1.29 is 0 Å². The first kappa shape index (κ1) is 25.1. The molecule has 4 aromatic rings. The second kappa shape index (κ2) is 10.9. The molecule has 1 saturated heterocycles. The third kappa shape index (κ3) is 5.08. The van der Waals surface area contributed by atoms with Gasteiger partial charge in [-0.3, -0.25) is 4.90 Å². The Bertz CT molecular complexity index is 1390. The molecule has 2 aliphatic rings. The first-order valence-electron chi connectivity index (χ1n) is 13.6. The highest BCUT2D eigenvalue weighted by atomic mass is 35.5. The first-order valence-corrected chi connectivity index (χ1v) is 13.9. The topological polar surface area (TPSA) is 88.1 Å². The molecule has 6 rings (SSSR count). The van der Waals surface area contributed by atoms with Gasteiger partial charge in [0.15, 0.2) is 5.65 Å². The van der Waals surface area contributed by atoms with Crippen molar-refractivity contribution in [1.29, 1.82) is 0 Å². The zero-order valence-electron chi connectivity index (χ0n) is 21.9. The Balaban J connectivity index is 1.20. The number of nitrogen functional groups attached to an aromatic ring is 1. The second-order valence-electron chi connectivity index (χ2n) is 10.6. The number of hydrogen-bond acceptors (Lipinski definition) is 7. The van der Waals surface area contributed by atoms with Crippen LogP contribution in [0.1, 0.15) is 37.3 Å². The van der Waals surface area contributed by atoms with Gasteiger partial charge < -0.3 is 16.0 Å². The number of hydrogen-bond donors (Lipinski definition) is 2. The zero-order valence-corrected chi connectivity index (χ0v) is 22.6. The van der Waals surface area contributed by atoms with E-state index in [1.807, 2.05) is 24.3 Å². The number of likely N-dealkylation sites (N-methyl/N-ethyl adjacent to an activating group) is 1. The van der Waals surface area contributed by atoms with Crippen LogP contribution in [0.2, 0.25) is 5.02 Å². The van der Waals surface area contributed by atoms with E-state index in [1.54, 1.807) is 6.33 Å². The van der Waals surface area contributed by atoms with Gasteiger partial charge in [-0.15, -0.1) is 0 Å². The highest BCUT2D eigenvalue weighted by Crippen LogP contribution is 2.37. The smallest absolute Gasteiger partial charge is 0.164 e. The molecule has 1 aliphatic carbocycles. The zero-order chi connectivity index (χ0) is 26.1. The van der Waals surface area contributed by atoms with E-state index in [9.17, 15) is 0 Å². The summed E-state index contributed by atoms with van der Waals surface area (Å²) in [6.45, 7) is 5.34. The maximum absolute atomic E-state index is 6.38. The van der Waals surface area contributed by atoms with Crippen LogP contribution in [0.4, 0.5) is 11.5 Å². The van der Waals surface area contributed by atoms with Gasteiger partial charge in [-0.2, -0.15) is 5.10 Å². The minimum absolute atomic E-state index is 0.320. The van der Waals surface area contributed by atoms with Crippen LogP contribution in [0, 0.1) is 0 Å². The lowest BCUT2D eigenvalue weighted by Crippen LogP contribution is -2.49. The number of anilines is 2. The van der Waals surface area contributed by atoms with Crippen LogP contribution >= 0.6 is 11.6 Å². The summed E-state index contributed by atoms with van der Waals surface area (Å²) in [6, 6.07) is 17.2. The van der Waals surface area contributed by atoms with Gasteiger partial charge in [0, 0.05) is 55.0 Å². The molecule has 0 unspecified atom stereocenters. The molecule has 0 radical (unpaired) electrons. The number of halogens is 1. The Morgan fingerprint density at radius 2 is 1.63 bits per heavy atom. The molecule has 3 heterocycles. The molecular formula is C29H35ClN8. The number of nitrogens with zero attached hydrogens (tertiary/aromatic N) is 6. The fraction of sp³-hybridized carbons (Fsp3) is 0.414. The number of aromatic nitrogens is 4. The van der Waals surface area contributed by atoms with E-state index in [1.165, 1.54) is 25.9 Å². The quantitative estimate of drug-likeness (QED) is 0.359. The monoisotopic (exact) mass is 530 g/mol. The Kier molecular flexibility index (Phi) is 7.19. The third-order valence-corrected chi connectivity index (χ3v) is 8.55.